The van der Waals surface area contributed by atoms with E-state index in [9.17, 15) is 0 Å². The Balaban J connectivity index is 1.35. The normalized spacial score (nSPS) is 12.8. The van der Waals surface area contributed by atoms with Crippen LogP contribution in [0.3, 0.4) is 0 Å². The van der Waals surface area contributed by atoms with Crippen molar-refractivity contribution in [3.05, 3.63) is 126 Å². The molecule has 162 valence electrons. The van der Waals surface area contributed by atoms with Crippen LogP contribution in [0, 0.1) is 0 Å². The fourth-order valence-electron chi connectivity index (χ4n) is 4.32. The van der Waals surface area contributed by atoms with E-state index in [0.29, 0.717) is 12.0 Å². The first kappa shape index (κ1) is 21.9. The van der Waals surface area contributed by atoms with Crippen LogP contribution in [-0.2, 0) is 12.8 Å². The Kier molecular flexibility index (Phi) is 7.07. The molecule has 1 heteroatoms. The van der Waals surface area contributed by atoms with Crippen molar-refractivity contribution in [1.29, 1.82) is 0 Å². The van der Waals surface area contributed by atoms with Gasteiger partial charge in [0.15, 0.2) is 0 Å². The minimum atomic E-state index is 0.423. The molecule has 0 spiro atoms. The van der Waals surface area contributed by atoms with E-state index in [1.807, 2.05) is 0 Å². The van der Waals surface area contributed by atoms with Gasteiger partial charge in [0.1, 0.15) is 0 Å². The number of hydrogen-bond acceptors (Lipinski definition) is 1. The molecule has 32 heavy (non-hydrogen) atoms. The van der Waals surface area contributed by atoms with Crippen LogP contribution in [0.2, 0.25) is 0 Å². The van der Waals surface area contributed by atoms with E-state index in [1.54, 1.807) is 0 Å². The average molecular weight is 420 g/mol. The maximum absolute atomic E-state index is 2.38. The van der Waals surface area contributed by atoms with Gasteiger partial charge in [-0.15, -0.1) is 0 Å². The van der Waals surface area contributed by atoms with Crippen LogP contribution in [0.4, 0.5) is 5.69 Å². The van der Waals surface area contributed by atoms with Gasteiger partial charge in [0.2, 0.25) is 0 Å². The Hall–Kier alpha value is -3.32. The van der Waals surface area contributed by atoms with Crippen molar-refractivity contribution < 1.29 is 0 Å². The maximum Gasteiger partial charge on any atom is 0.0366 e. The molecule has 4 aromatic rings. The third kappa shape index (κ3) is 5.48. The zero-order chi connectivity index (χ0) is 22.3. The number of nitrogens with zero attached hydrogens (tertiary/aromatic N) is 1. The van der Waals surface area contributed by atoms with Crippen molar-refractivity contribution in [2.45, 2.75) is 38.6 Å². The Morgan fingerprint density at radius 2 is 1.06 bits per heavy atom. The molecule has 0 amide bonds. The molecule has 0 aliphatic heterocycles. The lowest BCUT2D eigenvalue weighted by atomic mass is 9.93. The van der Waals surface area contributed by atoms with Gasteiger partial charge in [0.05, 0.1) is 0 Å². The molecule has 2 unspecified atom stereocenters. The molecule has 0 aliphatic carbocycles. The predicted molar refractivity (Wildman–Crippen MR) is 138 cm³/mol. The summed E-state index contributed by atoms with van der Waals surface area (Å²) in [6, 6.07) is 39.9. The zero-order valence-corrected chi connectivity index (χ0v) is 19.4. The smallest absolute Gasteiger partial charge is 0.0366 e. The van der Waals surface area contributed by atoms with Gasteiger partial charge in [0, 0.05) is 18.8 Å². The molecule has 2 atom stereocenters. The Bertz CT molecular complexity index is 1080. The fourth-order valence-corrected chi connectivity index (χ4v) is 4.32. The first-order valence-corrected chi connectivity index (χ1v) is 11.6. The number of benzene rings is 4. The molecule has 0 fully saturated rings. The minimum absolute atomic E-state index is 0.423. The second-order valence-corrected chi connectivity index (χ2v) is 8.91. The summed E-state index contributed by atoms with van der Waals surface area (Å²) in [6.07, 6.45) is 2.11. The summed E-state index contributed by atoms with van der Waals surface area (Å²) in [6.45, 7) is 4.61. The van der Waals surface area contributed by atoms with Gasteiger partial charge >= 0.3 is 0 Å². The summed E-state index contributed by atoms with van der Waals surface area (Å²) in [7, 11) is 2.19. The van der Waals surface area contributed by atoms with E-state index in [4.69, 9.17) is 0 Å². The molecular formula is C31H33N. The molecule has 0 N–H and O–H groups in total. The van der Waals surface area contributed by atoms with Crippen molar-refractivity contribution in [1.82, 2.24) is 0 Å². The molecule has 0 radical (unpaired) electrons. The molecule has 4 aromatic carbocycles. The molecule has 0 aliphatic rings. The highest BCUT2D eigenvalue weighted by Gasteiger charge is 2.12. The fraction of sp³-hybridized carbons (Fsp3) is 0.226. The van der Waals surface area contributed by atoms with Crippen LogP contribution in [0.15, 0.2) is 109 Å². The lowest BCUT2D eigenvalue weighted by Crippen LogP contribution is -2.30. The highest BCUT2D eigenvalue weighted by Crippen LogP contribution is 2.25. The number of likely N-dealkylation sites (N-methyl/N-ethyl adjacent to an activating group) is 1. The molecular weight excluding hydrogens is 386 g/mol. The Morgan fingerprint density at radius 1 is 0.562 bits per heavy atom. The van der Waals surface area contributed by atoms with E-state index >= 15 is 0 Å². The van der Waals surface area contributed by atoms with Gasteiger partial charge in [0.25, 0.3) is 0 Å². The molecule has 0 heterocycles. The van der Waals surface area contributed by atoms with E-state index in [2.05, 4.69) is 135 Å². The summed E-state index contributed by atoms with van der Waals surface area (Å²) >= 11 is 0. The molecule has 0 saturated carbocycles. The van der Waals surface area contributed by atoms with Gasteiger partial charge in [-0.1, -0.05) is 104 Å². The van der Waals surface area contributed by atoms with Crippen molar-refractivity contribution in [2.75, 3.05) is 11.9 Å². The van der Waals surface area contributed by atoms with Crippen LogP contribution >= 0.6 is 0 Å². The van der Waals surface area contributed by atoms with Crippen LogP contribution in [0.5, 0.6) is 0 Å². The van der Waals surface area contributed by atoms with E-state index in [-0.39, 0.29) is 0 Å². The van der Waals surface area contributed by atoms with Gasteiger partial charge in [-0.2, -0.15) is 0 Å². The summed E-state index contributed by atoms with van der Waals surface area (Å²) in [5, 5.41) is 0. The second-order valence-electron chi connectivity index (χ2n) is 8.91. The average Bonchev–Trinajstić information content (AvgIpc) is 2.86. The second kappa shape index (κ2) is 10.3. The highest BCUT2D eigenvalue weighted by molar-refractivity contribution is 5.66. The zero-order valence-electron chi connectivity index (χ0n) is 19.4. The van der Waals surface area contributed by atoms with Gasteiger partial charge in [-0.3, -0.25) is 0 Å². The monoisotopic (exact) mass is 419 g/mol. The lowest BCUT2D eigenvalue weighted by Gasteiger charge is -2.27. The maximum atomic E-state index is 2.38. The van der Waals surface area contributed by atoms with Crippen LogP contribution < -0.4 is 4.90 Å². The molecule has 0 saturated heterocycles. The van der Waals surface area contributed by atoms with Crippen molar-refractivity contribution in [3.8, 4) is 11.1 Å². The third-order valence-corrected chi connectivity index (χ3v) is 6.51. The molecule has 1 nitrogen and oxygen atoms in total. The number of hydrogen-bond donors (Lipinski definition) is 0. The summed E-state index contributed by atoms with van der Waals surface area (Å²) < 4.78 is 0. The Labute approximate surface area is 193 Å². The molecule has 0 bridgehead atoms. The first-order valence-electron chi connectivity index (χ1n) is 11.6. The van der Waals surface area contributed by atoms with Gasteiger partial charge < -0.3 is 4.90 Å². The predicted octanol–water partition coefficient (Wildman–Crippen LogP) is 7.77. The number of anilines is 1. The molecule has 0 aromatic heterocycles. The Morgan fingerprint density at radius 3 is 1.66 bits per heavy atom. The highest BCUT2D eigenvalue weighted by atomic mass is 15.1. The van der Waals surface area contributed by atoms with Crippen molar-refractivity contribution in [3.63, 3.8) is 0 Å². The largest absolute Gasteiger partial charge is 0.372 e. The van der Waals surface area contributed by atoms with Crippen LogP contribution in [-0.4, -0.2) is 13.1 Å². The van der Waals surface area contributed by atoms with Crippen molar-refractivity contribution >= 4 is 5.69 Å². The molecule has 4 rings (SSSR count). The lowest BCUT2D eigenvalue weighted by molar-refractivity contribution is 0.681. The number of rotatable bonds is 8. The topological polar surface area (TPSA) is 3.24 Å². The van der Waals surface area contributed by atoms with E-state index < -0.39 is 0 Å². The quantitative estimate of drug-likeness (QED) is 0.282. The van der Waals surface area contributed by atoms with Gasteiger partial charge in [-0.05, 0) is 65.6 Å². The SMILES string of the molecule is CC(Cc1ccc(CC(C)N(C)c2ccc(-c3ccccc3)cc2)cc1)c1ccccc1. The third-order valence-electron chi connectivity index (χ3n) is 6.51. The van der Waals surface area contributed by atoms with Gasteiger partial charge in [-0.25, -0.2) is 0 Å². The standard InChI is InChI=1S/C31H33N/c1-24(28-10-6-4-7-11-28)22-26-14-16-27(17-15-26)23-25(2)32(3)31-20-18-30(19-21-31)29-12-8-5-9-13-29/h4-21,24-25H,22-23H2,1-3H3. The van der Waals surface area contributed by atoms with Crippen LogP contribution in [0.25, 0.3) is 11.1 Å². The van der Waals surface area contributed by atoms with E-state index in [1.165, 1.54) is 33.5 Å². The van der Waals surface area contributed by atoms with Crippen molar-refractivity contribution in [2.24, 2.45) is 0 Å². The van der Waals surface area contributed by atoms with Crippen LogP contribution in [0.1, 0.15) is 36.5 Å². The summed E-state index contributed by atoms with van der Waals surface area (Å²) in [4.78, 5) is 2.38. The van der Waals surface area contributed by atoms with E-state index in [0.717, 1.165) is 12.8 Å². The minimum Gasteiger partial charge on any atom is -0.372 e. The summed E-state index contributed by atoms with van der Waals surface area (Å²) in [5.41, 5.74) is 7.98. The summed E-state index contributed by atoms with van der Waals surface area (Å²) in [5.74, 6) is 0.533. The first-order chi connectivity index (χ1) is 15.6.